The predicted octanol–water partition coefficient (Wildman–Crippen LogP) is 2.45. The molecule has 0 bridgehead atoms. The van der Waals surface area contributed by atoms with Crippen LogP contribution in [0.15, 0.2) is 12.3 Å². The summed E-state index contributed by atoms with van der Waals surface area (Å²) < 4.78 is 12.3. The van der Waals surface area contributed by atoms with Gasteiger partial charge in [0, 0.05) is 19.3 Å². The second kappa shape index (κ2) is 8.58. The van der Waals surface area contributed by atoms with Crippen LogP contribution in [0.25, 0.3) is 0 Å². The van der Waals surface area contributed by atoms with E-state index in [2.05, 4.69) is 6.92 Å². The summed E-state index contributed by atoms with van der Waals surface area (Å²) in [4.78, 5) is 11.9. The number of anilines is 1. The van der Waals surface area contributed by atoms with Gasteiger partial charge in [0.05, 0.1) is 12.3 Å². The number of unbranched alkanes of at least 4 members (excludes halogenated alkanes) is 1. The molecule has 0 spiro atoms. The lowest BCUT2D eigenvalue weighted by atomic mass is 10.4. The maximum Gasteiger partial charge on any atom is 0.355 e. The molecule has 0 atom stereocenters. The average molecular weight is 268 g/mol. The Morgan fingerprint density at radius 3 is 2.74 bits per heavy atom. The molecule has 0 saturated carbocycles. The highest BCUT2D eigenvalue weighted by Crippen LogP contribution is 2.12. The summed E-state index contributed by atoms with van der Waals surface area (Å²) in [6, 6.07) is 1.65. The molecule has 0 amide bonds. The molecule has 0 aliphatic heterocycles. The quantitative estimate of drug-likeness (QED) is 0.552. The topological polar surface area (TPSA) is 66.5 Å². The van der Waals surface area contributed by atoms with Crippen LogP contribution < -0.4 is 5.73 Å². The highest BCUT2D eigenvalue weighted by atomic mass is 16.6. The van der Waals surface area contributed by atoms with Crippen LogP contribution in [0.2, 0.25) is 0 Å². The van der Waals surface area contributed by atoms with Gasteiger partial charge in [0.1, 0.15) is 12.3 Å². The summed E-state index contributed by atoms with van der Waals surface area (Å²) in [5, 5.41) is 0. The molecule has 1 aromatic heterocycles. The molecule has 0 saturated heterocycles. The summed E-state index contributed by atoms with van der Waals surface area (Å²) in [5.74, 6) is -0.343. The normalized spacial score (nSPS) is 10.6. The smallest absolute Gasteiger partial charge is 0.355 e. The first kappa shape index (κ1) is 15.6. The Hall–Kier alpha value is -1.49. The van der Waals surface area contributed by atoms with Crippen LogP contribution in [0.3, 0.4) is 0 Å². The van der Waals surface area contributed by atoms with Crippen molar-refractivity contribution in [3.63, 3.8) is 0 Å². The SMILES string of the molecule is CCCCOCCOC(=O)c1cc(N)cn1CCC. The number of carbonyl (C=O) groups is 1. The molecule has 19 heavy (non-hydrogen) atoms. The van der Waals surface area contributed by atoms with Crippen LogP contribution in [-0.2, 0) is 16.0 Å². The first-order chi connectivity index (χ1) is 9.19. The van der Waals surface area contributed by atoms with Crippen molar-refractivity contribution in [2.45, 2.75) is 39.7 Å². The summed E-state index contributed by atoms with van der Waals surface area (Å²) in [6.45, 7) is 6.35. The fraction of sp³-hybridized carbons (Fsp3) is 0.643. The monoisotopic (exact) mass is 268 g/mol. The van der Waals surface area contributed by atoms with Crippen molar-refractivity contribution in [1.82, 2.24) is 4.57 Å². The van der Waals surface area contributed by atoms with E-state index < -0.39 is 0 Å². The highest BCUT2D eigenvalue weighted by molar-refractivity contribution is 5.89. The van der Waals surface area contributed by atoms with Gasteiger partial charge in [-0.25, -0.2) is 4.79 Å². The fourth-order valence-electron chi connectivity index (χ4n) is 1.75. The second-order valence-corrected chi connectivity index (χ2v) is 4.45. The number of aromatic nitrogens is 1. The number of nitrogen functional groups attached to an aromatic ring is 1. The molecule has 2 N–H and O–H groups in total. The molecule has 0 aliphatic rings. The molecule has 5 heteroatoms. The molecule has 0 aliphatic carbocycles. The number of carbonyl (C=O) groups excluding carboxylic acids is 1. The number of hydrogen-bond donors (Lipinski definition) is 1. The van der Waals surface area contributed by atoms with Crippen molar-refractivity contribution in [1.29, 1.82) is 0 Å². The number of ether oxygens (including phenoxy) is 2. The van der Waals surface area contributed by atoms with Gasteiger partial charge in [0.15, 0.2) is 0 Å². The van der Waals surface area contributed by atoms with Gasteiger partial charge in [-0.05, 0) is 18.9 Å². The van der Waals surface area contributed by atoms with Gasteiger partial charge in [-0.3, -0.25) is 0 Å². The maximum atomic E-state index is 11.9. The second-order valence-electron chi connectivity index (χ2n) is 4.45. The molecule has 0 unspecified atom stereocenters. The van der Waals surface area contributed by atoms with Gasteiger partial charge >= 0.3 is 5.97 Å². The molecule has 5 nitrogen and oxygen atoms in total. The standard InChI is InChI=1S/C14H24N2O3/c1-3-5-7-18-8-9-19-14(17)13-10-12(15)11-16(13)6-4-2/h10-11H,3-9,15H2,1-2H3. The van der Waals surface area contributed by atoms with E-state index in [4.69, 9.17) is 15.2 Å². The predicted molar refractivity (Wildman–Crippen MR) is 75.1 cm³/mol. The number of nitrogens with two attached hydrogens (primary N) is 1. The van der Waals surface area contributed by atoms with Gasteiger partial charge in [-0.15, -0.1) is 0 Å². The third kappa shape index (κ3) is 5.34. The van der Waals surface area contributed by atoms with Gasteiger partial charge in [-0.1, -0.05) is 20.3 Å². The minimum Gasteiger partial charge on any atom is -0.459 e. The first-order valence-electron chi connectivity index (χ1n) is 6.89. The van der Waals surface area contributed by atoms with Gasteiger partial charge < -0.3 is 19.8 Å². The zero-order valence-corrected chi connectivity index (χ0v) is 11.9. The Balaban J connectivity index is 2.36. The molecule has 0 radical (unpaired) electrons. The summed E-state index contributed by atoms with van der Waals surface area (Å²) in [5.41, 5.74) is 6.79. The molecule has 1 heterocycles. The third-order valence-electron chi connectivity index (χ3n) is 2.69. The zero-order valence-electron chi connectivity index (χ0n) is 11.9. The van der Waals surface area contributed by atoms with Crippen LogP contribution in [0.4, 0.5) is 5.69 Å². The molecule has 108 valence electrons. The third-order valence-corrected chi connectivity index (χ3v) is 2.69. The van der Waals surface area contributed by atoms with Crippen molar-refractivity contribution >= 4 is 11.7 Å². The van der Waals surface area contributed by atoms with Crippen molar-refractivity contribution < 1.29 is 14.3 Å². The number of nitrogens with zero attached hydrogens (tertiary/aromatic N) is 1. The van der Waals surface area contributed by atoms with Crippen molar-refractivity contribution in [3.05, 3.63) is 18.0 Å². The van der Waals surface area contributed by atoms with Crippen molar-refractivity contribution in [2.24, 2.45) is 0 Å². The van der Waals surface area contributed by atoms with E-state index in [9.17, 15) is 4.79 Å². The Morgan fingerprint density at radius 2 is 2.05 bits per heavy atom. The van der Waals surface area contributed by atoms with E-state index in [-0.39, 0.29) is 12.6 Å². The van der Waals surface area contributed by atoms with Gasteiger partial charge in [0.25, 0.3) is 0 Å². The maximum absolute atomic E-state index is 11.9. The van der Waals surface area contributed by atoms with Gasteiger partial charge in [0.2, 0.25) is 0 Å². The van der Waals surface area contributed by atoms with E-state index in [1.165, 1.54) is 0 Å². The average Bonchev–Trinajstić information content (AvgIpc) is 2.75. The molecular formula is C14H24N2O3. The molecule has 0 aromatic carbocycles. The largest absolute Gasteiger partial charge is 0.459 e. The van der Waals surface area contributed by atoms with E-state index in [0.29, 0.717) is 24.6 Å². The van der Waals surface area contributed by atoms with Crippen LogP contribution in [-0.4, -0.2) is 30.4 Å². The number of aryl methyl sites for hydroxylation is 1. The Kier molecular flexibility index (Phi) is 7.03. The van der Waals surface area contributed by atoms with Crippen molar-refractivity contribution in [2.75, 3.05) is 25.6 Å². The lowest BCUT2D eigenvalue weighted by Crippen LogP contribution is -2.15. The molecule has 1 aromatic rings. The number of rotatable bonds is 9. The Labute approximate surface area is 114 Å². The van der Waals surface area contributed by atoms with Gasteiger partial charge in [-0.2, -0.15) is 0 Å². The first-order valence-corrected chi connectivity index (χ1v) is 6.89. The molecule has 0 fully saturated rings. The lowest BCUT2D eigenvalue weighted by Gasteiger charge is -2.08. The summed E-state index contributed by atoms with van der Waals surface area (Å²) in [6.07, 6.45) is 4.83. The lowest BCUT2D eigenvalue weighted by molar-refractivity contribution is 0.0303. The summed E-state index contributed by atoms with van der Waals surface area (Å²) in [7, 11) is 0. The molecule has 1 rings (SSSR count). The van der Waals surface area contributed by atoms with E-state index >= 15 is 0 Å². The van der Waals surface area contributed by atoms with E-state index in [1.807, 2.05) is 11.5 Å². The van der Waals surface area contributed by atoms with E-state index in [0.717, 1.165) is 25.8 Å². The van der Waals surface area contributed by atoms with Crippen molar-refractivity contribution in [3.8, 4) is 0 Å². The van der Waals surface area contributed by atoms with E-state index in [1.54, 1.807) is 12.3 Å². The minimum atomic E-state index is -0.343. The van der Waals surface area contributed by atoms with Crippen LogP contribution in [0.1, 0.15) is 43.6 Å². The highest BCUT2D eigenvalue weighted by Gasteiger charge is 2.13. The Bertz CT molecular complexity index is 388. The number of esters is 1. The van der Waals surface area contributed by atoms with Crippen LogP contribution >= 0.6 is 0 Å². The number of hydrogen-bond acceptors (Lipinski definition) is 4. The molecular weight excluding hydrogens is 244 g/mol. The fourth-order valence-corrected chi connectivity index (χ4v) is 1.75. The Morgan fingerprint density at radius 1 is 1.26 bits per heavy atom. The van der Waals surface area contributed by atoms with Crippen LogP contribution in [0.5, 0.6) is 0 Å². The minimum absolute atomic E-state index is 0.278. The summed E-state index contributed by atoms with van der Waals surface area (Å²) >= 11 is 0. The van der Waals surface area contributed by atoms with Crippen LogP contribution in [0, 0.1) is 0 Å². The zero-order chi connectivity index (χ0) is 14.1.